The van der Waals surface area contributed by atoms with Crippen LogP contribution in [0, 0.1) is 0 Å². The third kappa shape index (κ3) is 2.60. The Kier molecular flexibility index (Phi) is 3.19. The van der Waals surface area contributed by atoms with Crippen molar-refractivity contribution in [2.45, 2.75) is 6.92 Å². The second-order valence-electron chi connectivity index (χ2n) is 3.88. The zero-order valence-corrected chi connectivity index (χ0v) is 9.75. The Hall–Kier alpha value is -2.49. The first kappa shape index (κ1) is 12.0. The monoisotopic (exact) mass is 244 g/mol. The number of benzene rings is 1. The minimum Gasteiger partial charge on any atom is -0.508 e. The van der Waals surface area contributed by atoms with Gasteiger partial charge in [-0.3, -0.25) is 0 Å². The van der Waals surface area contributed by atoms with Crippen molar-refractivity contribution < 1.29 is 19.4 Å². The van der Waals surface area contributed by atoms with Crippen LogP contribution in [0.5, 0.6) is 5.75 Å². The highest BCUT2D eigenvalue weighted by atomic mass is 16.4. The number of hydrogen-bond donors (Lipinski definition) is 2. The average molecular weight is 244 g/mol. The number of phenols is 1. The second kappa shape index (κ2) is 4.79. The van der Waals surface area contributed by atoms with Crippen LogP contribution in [0.2, 0.25) is 0 Å². The summed E-state index contributed by atoms with van der Waals surface area (Å²) in [5, 5.41) is 17.8. The van der Waals surface area contributed by atoms with Crippen molar-refractivity contribution in [2.24, 2.45) is 0 Å². The number of carboxylic acid groups (broad SMARTS) is 1. The molecule has 0 radical (unpaired) electrons. The number of carboxylic acids is 1. The zero-order chi connectivity index (χ0) is 13.1. The highest BCUT2D eigenvalue weighted by molar-refractivity contribution is 5.88. The van der Waals surface area contributed by atoms with Gasteiger partial charge in [0.1, 0.15) is 17.3 Å². The van der Waals surface area contributed by atoms with Crippen LogP contribution in [0.1, 0.15) is 12.7 Å². The molecule has 1 aromatic carbocycles. The summed E-state index contributed by atoms with van der Waals surface area (Å²) in [6.07, 6.45) is 1.10. The molecule has 18 heavy (non-hydrogen) atoms. The molecule has 0 aliphatic heterocycles. The van der Waals surface area contributed by atoms with E-state index in [4.69, 9.17) is 9.52 Å². The summed E-state index contributed by atoms with van der Waals surface area (Å²) in [4.78, 5) is 10.6. The highest BCUT2D eigenvalue weighted by Crippen LogP contribution is 2.26. The Morgan fingerprint density at radius 2 is 1.83 bits per heavy atom. The maximum Gasteiger partial charge on any atom is 0.328 e. The molecule has 2 N–H and O–H groups in total. The van der Waals surface area contributed by atoms with E-state index in [9.17, 15) is 9.90 Å². The lowest BCUT2D eigenvalue weighted by molar-refractivity contribution is -0.131. The molecule has 0 unspecified atom stereocenters. The van der Waals surface area contributed by atoms with Crippen LogP contribution in [-0.4, -0.2) is 16.2 Å². The predicted molar refractivity (Wildman–Crippen MR) is 67.1 cm³/mol. The highest BCUT2D eigenvalue weighted by Gasteiger charge is 2.07. The van der Waals surface area contributed by atoms with Crippen LogP contribution in [0.4, 0.5) is 0 Å². The van der Waals surface area contributed by atoms with E-state index in [0.29, 0.717) is 17.1 Å². The van der Waals surface area contributed by atoms with Gasteiger partial charge in [0.05, 0.1) is 0 Å². The molecule has 0 saturated heterocycles. The van der Waals surface area contributed by atoms with Gasteiger partial charge in [-0.25, -0.2) is 4.79 Å². The van der Waals surface area contributed by atoms with Gasteiger partial charge in [-0.15, -0.1) is 0 Å². The number of carbonyl (C=O) groups is 1. The maximum absolute atomic E-state index is 10.6. The minimum atomic E-state index is -1.00. The van der Waals surface area contributed by atoms with E-state index in [2.05, 4.69) is 0 Å². The number of furan rings is 1. The third-order valence-electron chi connectivity index (χ3n) is 2.49. The van der Waals surface area contributed by atoms with Gasteiger partial charge in [0.25, 0.3) is 0 Å². The lowest BCUT2D eigenvalue weighted by atomic mass is 10.2. The molecule has 2 rings (SSSR count). The third-order valence-corrected chi connectivity index (χ3v) is 2.49. The summed E-state index contributed by atoms with van der Waals surface area (Å²) in [7, 11) is 0. The summed E-state index contributed by atoms with van der Waals surface area (Å²) in [6.45, 7) is 1.67. The number of rotatable bonds is 3. The van der Waals surface area contributed by atoms with Crippen molar-refractivity contribution >= 4 is 11.5 Å². The van der Waals surface area contributed by atoms with Gasteiger partial charge >= 0.3 is 5.97 Å². The fraction of sp³-hybridized carbons (Fsp3) is 0.0714. The summed E-state index contributed by atoms with van der Waals surface area (Å²) in [6, 6.07) is 10.1. The van der Waals surface area contributed by atoms with Gasteiger partial charge in [-0.2, -0.15) is 0 Å². The Bertz CT molecular complexity index is 591. The van der Waals surface area contributed by atoms with Crippen molar-refractivity contribution in [3.63, 3.8) is 0 Å². The van der Waals surface area contributed by atoms with E-state index < -0.39 is 5.97 Å². The standard InChI is InChI=1S/C14H12O4/c1-9(8-14(16)17)12-6-7-13(18-12)10-2-4-11(15)5-3-10/h2-8,15H,1H3,(H,16,17)/b9-8+. The summed E-state index contributed by atoms with van der Waals surface area (Å²) in [5.74, 6) is 0.325. The molecule has 92 valence electrons. The maximum atomic E-state index is 10.6. The minimum absolute atomic E-state index is 0.187. The first-order valence-electron chi connectivity index (χ1n) is 5.37. The Labute approximate surface area is 104 Å². The van der Waals surface area contributed by atoms with Crippen LogP contribution in [0.15, 0.2) is 46.9 Å². The molecule has 0 aliphatic carbocycles. The van der Waals surface area contributed by atoms with Gasteiger partial charge in [0, 0.05) is 11.6 Å². The number of hydrogen-bond acceptors (Lipinski definition) is 3. The molecule has 1 heterocycles. The van der Waals surface area contributed by atoms with Crippen LogP contribution in [0.25, 0.3) is 16.9 Å². The van der Waals surface area contributed by atoms with Gasteiger partial charge in [0.15, 0.2) is 0 Å². The fourth-order valence-corrected chi connectivity index (χ4v) is 1.59. The molecule has 0 bridgehead atoms. The van der Waals surface area contributed by atoms with Gasteiger partial charge in [-0.1, -0.05) is 0 Å². The number of aromatic hydroxyl groups is 1. The number of allylic oxidation sites excluding steroid dienone is 1. The smallest absolute Gasteiger partial charge is 0.328 e. The molecule has 0 spiro atoms. The van der Waals surface area contributed by atoms with E-state index in [1.807, 2.05) is 0 Å². The summed E-state index contributed by atoms with van der Waals surface area (Å²) >= 11 is 0. The molecule has 1 aromatic heterocycles. The SMILES string of the molecule is C/C(=C\C(=O)O)c1ccc(-c2ccc(O)cc2)o1. The first-order valence-corrected chi connectivity index (χ1v) is 5.37. The molecule has 4 heteroatoms. The van der Waals surface area contributed by atoms with Gasteiger partial charge < -0.3 is 14.6 Å². The lowest BCUT2D eigenvalue weighted by Crippen LogP contribution is -1.88. The van der Waals surface area contributed by atoms with Crippen LogP contribution < -0.4 is 0 Å². The molecule has 0 atom stereocenters. The molecule has 0 saturated carbocycles. The van der Waals surface area contributed by atoms with Crippen molar-refractivity contribution in [1.29, 1.82) is 0 Å². The molecule has 0 aliphatic rings. The largest absolute Gasteiger partial charge is 0.508 e. The molecular formula is C14H12O4. The quantitative estimate of drug-likeness (QED) is 0.813. The molecule has 4 nitrogen and oxygen atoms in total. The summed E-state index contributed by atoms with van der Waals surface area (Å²) < 4.78 is 5.56. The van der Waals surface area contributed by atoms with Gasteiger partial charge in [-0.05, 0) is 48.9 Å². The lowest BCUT2D eigenvalue weighted by Gasteiger charge is -1.98. The van der Waals surface area contributed by atoms with Gasteiger partial charge in [0.2, 0.25) is 0 Å². The fourth-order valence-electron chi connectivity index (χ4n) is 1.59. The molecule has 0 amide bonds. The average Bonchev–Trinajstić information content (AvgIpc) is 2.78. The second-order valence-corrected chi connectivity index (χ2v) is 3.88. The Morgan fingerprint density at radius 3 is 2.44 bits per heavy atom. The van der Waals surface area contributed by atoms with E-state index in [-0.39, 0.29) is 5.75 Å². The van der Waals surface area contributed by atoms with E-state index >= 15 is 0 Å². The van der Waals surface area contributed by atoms with Crippen molar-refractivity contribution in [2.75, 3.05) is 0 Å². The normalized spacial score (nSPS) is 11.5. The van der Waals surface area contributed by atoms with Crippen molar-refractivity contribution in [3.8, 4) is 17.1 Å². The van der Waals surface area contributed by atoms with E-state index in [0.717, 1.165) is 11.6 Å². The zero-order valence-electron chi connectivity index (χ0n) is 9.75. The molecule has 2 aromatic rings. The van der Waals surface area contributed by atoms with Crippen LogP contribution in [0.3, 0.4) is 0 Å². The predicted octanol–water partition coefficient (Wildman–Crippen LogP) is 3.14. The van der Waals surface area contributed by atoms with Crippen molar-refractivity contribution in [3.05, 3.63) is 48.2 Å². The Morgan fingerprint density at radius 1 is 1.17 bits per heavy atom. The Balaban J connectivity index is 2.31. The number of phenolic OH excluding ortho intramolecular Hbond substituents is 1. The molecular weight excluding hydrogens is 232 g/mol. The topological polar surface area (TPSA) is 70.7 Å². The first-order chi connectivity index (χ1) is 8.56. The summed E-state index contributed by atoms with van der Waals surface area (Å²) in [5.41, 5.74) is 1.37. The van der Waals surface area contributed by atoms with Crippen LogP contribution in [-0.2, 0) is 4.79 Å². The van der Waals surface area contributed by atoms with E-state index in [1.54, 1.807) is 43.3 Å². The van der Waals surface area contributed by atoms with Crippen LogP contribution >= 0.6 is 0 Å². The van der Waals surface area contributed by atoms with E-state index in [1.165, 1.54) is 0 Å². The number of aliphatic carboxylic acids is 1. The van der Waals surface area contributed by atoms with Crippen molar-refractivity contribution in [1.82, 2.24) is 0 Å². The molecule has 0 fully saturated rings.